The van der Waals surface area contributed by atoms with Crippen molar-refractivity contribution in [2.45, 2.75) is 27.2 Å². The number of hydrogen-bond donors (Lipinski definition) is 2. The lowest BCUT2D eigenvalue weighted by atomic mass is 10.2. The number of thiophene rings is 1. The second-order valence-electron chi connectivity index (χ2n) is 5.18. The number of anilines is 2. The Balaban J connectivity index is 2.02. The van der Waals surface area contributed by atoms with E-state index in [1.807, 2.05) is 56.3 Å². The molecule has 0 unspecified atom stereocenters. The van der Waals surface area contributed by atoms with Gasteiger partial charge in [0.2, 0.25) is 0 Å². The molecule has 0 bridgehead atoms. The Hall–Kier alpha value is -2.33. The van der Waals surface area contributed by atoms with Crippen LogP contribution in [0.15, 0.2) is 54.6 Å². The summed E-state index contributed by atoms with van der Waals surface area (Å²) in [7, 11) is 0. The summed E-state index contributed by atoms with van der Waals surface area (Å²) in [6, 6.07) is 11.5. The van der Waals surface area contributed by atoms with Crippen LogP contribution >= 0.6 is 11.3 Å². The van der Waals surface area contributed by atoms with Gasteiger partial charge in [0.1, 0.15) is 0 Å². The fourth-order valence-electron chi connectivity index (χ4n) is 2.12. The number of carbonyl (C=O) groups is 1. The van der Waals surface area contributed by atoms with Crippen molar-refractivity contribution in [2.24, 2.45) is 0 Å². The van der Waals surface area contributed by atoms with Crippen LogP contribution in [0.1, 0.15) is 30.7 Å². The van der Waals surface area contributed by atoms with Crippen LogP contribution in [0.2, 0.25) is 0 Å². The average molecular weight is 326 g/mol. The third-order valence-electron chi connectivity index (χ3n) is 3.21. The molecule has 0 saturated heterocycles. The van der Waals surface area contributed by atoms with Crippen molar-refractivity contribution in [1.82, 2.24) is 0 Å². The maximum absolute atomic E-state index is 12.1. The van der Waals surface area contributed by atoms with Crippen LogP contribution in [-0.2, 0) is 0 Å². The van der Waals surface area contributed by atoms with Crippen LogP contribution in [0.3, 0.4) is 0 Å². The van der Waals surface area contributed by atoms with E-state index in [4.69, 9.17) is 0 Å². The molecule has 0 spiro atoms. The molecule has 1 aromatic heterocycles. The number of amides is 2. The van der Waals surface area contributed by atoms with E-state index < -0.39 is 0 Å². The van der Waals surface area contributed by atoms with Crippen molar-refractivity contribution in [3.8, 4) is 0 Å². The minimum Gasteiger partial charge on any atom is -0.308 e. The molecule has 2 amide bonds. The van der Waals surface area contributed by atoms with Gasteiger partial charge in [0.05, 0.1) is 5.00 Å². The van der Waals surface area contributed by atoms with Gasteiger partial charge in [-0.05, 0) is 50.1 Å². The van der Waals surface area contributed by atoms with Gasteiger partial charge in [0.25, 0.3) is 0 Å². The van der Waals surface area contributed by atoms with Crippen molar-refractivity contribution in [2.75, 3.05) is 10.6 Å². The second kappa shape index (κ2) is 8.34. The van der Waals surface area contributed by atoms with E-state index in [9.17, 15) is 4.79 Å². The lowest BCUT2D eigenvalue weighted by Crippen LogP contribution is -2.18. The summed E-state index contributed by atoms with van der Waals surface area (Å²) in [5.74, 6) is 0. The highest BCUT2D eigenvalue weighted by Gasteiger charge is 2.07. The second-order valence-corrected chi connectivity index (χ2v) is 6.26. The van der Waals surface area contributed by atoms with Gasteiger partial charge in [-0.3, -0.25) is 5.32 Å². The summed E-state index contributed by atoms with van der Waals surface area (Å²) in [6.07, 6.45) is 7.28. The average Bonchev–Trinajstić information content (AvgIpc) is 2.97. The summed E-state index contributed by atoms with van der Waals surface area (Å²) < 4.78 is 0. The Morgan fingerprint density at radius 2 is 1.87 bits per heavy atom. The third kappa shape index (κ3) is 5.11. The Morgan fingerprint density at radius 1 is 1.13 bits per heavy atom. The first kappa shape index (κ1) is 17.0. The van der Waals surface area contributed by atoms with E-state index in [-0.39, 0.29) is 6.03 Å². The normalized spacial score (nSPS) is 11.7. The number of allylic oxidation sites excluding steroid dienone is 4. The first-order chi connectivity index (χ1) is 11.1. The highest BCUT2D eigenvalue weighted by Crippen LogP contribution is 2.29. The Bertz CT molecular complexity index is 711. The highest BCUT2D eigenvalue weighted by atomic mass is 32.1. The molecule has 0 fully saturated rings. The van der Waals surface area contributed by atoms with E-state index in [2.05, 4.69) is 29.7 Å². The molecule has 1 aromatic carbocycles. The molecule has 0 aliphatic carbocycles. The Kier molecular flexibility index (Phi) is 6.18. The molecule has 120 valence electrons. The zero-order valence-corrected chi connectivity index (χ0v) is 14.5. The molecule has 0 aliphatic rings. The number of aryl methyl sites for hydroxylation is 1. The van der Waals surface area contributed by atoms with Gasteiger partial charge in [-0.15, -0.1) is 11.3 Å². The summed E-state index contributed by atoms with van der Waals surface area (Å²) in [5, 5.41) is 6.55. The van der Waals surface area contributed by atoms with Gasteiger partial charge in [-0.1, -0.05) is 42.8 Å². The van der Waals surface area contributed by atoms with Gasteiger partial charge in [-0.25, -0.2) is 4.79 Å². The van der Waals surface area contributed by atoms with Crippen LogP contribution in [0.5, 0.6) is 0 Å². The third-order valence-corrected chi connectivity index (χ3v) is 4.26. The van der Waals surface area contributed by atoms with Gasteiger partial charge in [-0.2, -0.15) is 0 Å². The number of carbonyl (C=O) groups excluding carboxylic acids is 1. The van der Waals surface area contributed by atoms with Crippen LogP contribution in [0.4, 0.5) is 15.5 Å². The lowest BCUT2D eigenvalue weighted by molar-refractivity contribution is 0.262. The number of benzene rings is 1. The Morgan fingerprint density at radius 3 is 2.52 bits per heavy atom. The summed E-state index contributed by atoms with van der Waals surface area (Å²) in [4.78, 5) is 13.2. The fourth-order valence-corrected chi connectivity index (χ4v) is 3.04. The van der Waals surface area contributed by atoms with Crippen LogP contribution < -0.4 is 10.6 Å². The summed E-state index contributed by atoms with van der Waals surface area (Å²) in [6.45, 7) is 6.14. The monoisotopic (exact) mass is 326 g/mol. The molecule has 3 nitrogen and oxygen atoms in total. The van der Waals surface area contributed by atoms with Crippen molar-refractivity contribution in [3.05, 3.63) is 65.1 Å². The minimum absolute atomic E-state index is 0.227. The van der Waals surface area contributed by atoms with Crippen molar-refractivity contribution in [3.63, 3.8) is 0 Å². The molecule has 0 atom stereocenters. The van der Waals surface area contributed by atoms with Crippen molar-refractivity contribution in [1.29, 1.82) is 0 Å². The lowest BCUT2D eigenvalue weighted by Gasteiger charge is -2.06. The molecular formula is C19H22N2OS. The Labute approximate surface area is 141 Å². The molecular weight excluding hydrogens is 304 g/mol. The number of hydrogen-bond acceptors (Lipinski definition) is 2. The predicted molar refractivity (Wildman–Crippen MR) is 101 cm³/mol. The largest absolute Gasteiger partial charge is 0.324 e. The van der Waals surface area contributed by atoms with E-state index >= 15 is 0 Å². The van der Waals surface area contributed by atoms with E-state index in [1.54, 1.807) is 11.3 Å². The number of urea groups is 1. The van der Waals surface area contributed by atoms with Gasteiger partial charge >= 0.3 is 6.03 Å². The minimum atomic E-state index is -0.227. The van der Waals surface area contributed by atoms with Crippen LogP contribution in [0, 0.1) is 6.92 Å². The van der Waals surface area contributed by atoms with E-state index in [0.717, 1.165) is 27.5 Å². The highest BCUT2D eigenvalue weighted by molar-refractivity contribution is 7.17. The summed E-state index contributed by atoms with van der Waals surface area (Å²) in [5.41, 5.74) is 3.13. The predicted octanol–water partition coefficient (Wildman–Crippen LogP) is 6.07. The zero-order chi connectivity index (χ0) is 16.7. The summed E-state index contributed by atoms with van der Waals surface area (Å²) >= 11 is 1.57. The molecule has 2 rings (SSSR count). The molecule has 2 aromatic rings. The molecule has 0 aliphatic heterocycles. The first-order valence-electron chi connectivity index (χ1n) is 7.70. The molecule has 2 N–H and O–H groups in total. The van der Waals surface area contributed by atoms with Gasteiger partial charge in [0, 0.05) is 10.6 Å². The number of nitrogens with one attached hydrogen (secondary N) is 2. The molecule has 0 saturated carbocycles. The van der Waals surface area contributed by atoms with E-state index in [0.29, 0.717) is 0 Å². The standard InChI is InChI=1S/C19H22N2OS/c1-4-6-15(7-5-2)17-12-13-18(23-17)21-19(22)20-16-10-8-14(3)9-11-16/h4,6-13H,5H2,1-3H3,(H2,20,21,22)/b6-4-,15-7+. The van der Waals surface area contributed by atoms with Crippen molar-refractivity contribution < 1.29 is 4.79 Å². The van der Waals surface area contributed by atoms with Crippen LogP contribution in [-0.4, -0.2) is 6.03 Å². The molecule has 1 heterocycles. The topological polar surface area (TPSA) is 41.1 Å². The van der Waals surface area contributed by atoms with E-state index in [1.165, 1.54) is 5.57 Å². The SMILES string of the molecule is C/C=C\C(=C/CC)c1ccc(NC(=O)Nc2ccc(C)cc2)s1. The quantitative estimate of drug-likeness (QED) is 0.643. The smallest absolute Gasteiger partial charge is 0.308 e. The first-order valence-corrected chi connectivity index (χ1v) is 8.51. The molecule has 23 heavy (non-hydrogen) atoms. The van der Waals surface area contributed by atoms with Gasteiger partial charge < -0.3 is 5.32 Å². The van der Waals surface area contributed by atoms with Gasteiger partial charge in [0.15, 0.2) is 0 Å². The van der Waals surface area contributed by atoms with Crippen molar-refractivity contribution >= 4 is 33.6 Å². The number of rotatable bonds is 5. The zero-order valence-electron chi connectivity index (χ0n) is 13.7. The molecule has 0 radical (unpaired) electrons. The maximum atomic E-state index is 12.1. The van der Waals surface area contributed by atoms with Crippen LogP contribution in [0.25, 0.3) is 5.57 Å². The molecule has 4 heteroatoms. The maximum Gasteiger partial charge on any atom is 0.324 e. The fraction of sp³-hybridized carbons (Fsp3) is 0.211.